The van der Waals surface area contributed by atoms with Crippen molar-refractivity contribution >= 4 is 22.8 Å². The fraction of sp³-hybridized carbons (Fsp3) is 0.346. The van der Waals surface area contributed by atoms with Gasteiger partial charge in [0.1, 0.15) is 17.9 Å². The molecule has 0 radical (unpaired) electrons. The van der Waals surface area contributed by atoms with Crippen LogP contribution in [0.3, 0.4) is 0 Å². The number of fused-ring (bicyclic) bond motifs is 2. The summed E-state index contributed by atoms with van der Waals surface area (Å²) in [6.07, 6.45) is -0.699. The Bertz CT molecular complexity index is 1340. The fourth-order valence-corrected chi connectivity index (χ4v) is 4.41. The van der Waals surface area contributed by atoms with Crippen molar-refractivity contribution in [2.45, 2.75) is 20.0 Å². The van der Waals surface area contributed by atoms with Crippen LogP contribution in [-0.4, -0.2) is 67.1 Å². The van der Waals surface area contributed by atoms with E-state index in [1.54, 1.807) is 34.9 Å². The first-order valence-corrected chi connectivity index (χ1v) is 11.5. The lowest BCUT2D eigenvalue weighted by atomic mass is 10.1. The predicted octanol–water partition coefficient (Wildman–Crippen LogP) is 2.30. The van der Waals surface area contributed by atoms with Crippen LogP contribution in [0.5, 0.6) is 17.2 Å². The SMILES string of the molecule is Cc1cc(=O)oc2c(C)c(OCC(=O)N3CCN(C(=O)[C@@H]4COc5ccccc5O4)CC3)ccc12. The number of para-hydroxylation sites is 2. The minimum atomic E-state index is -0.699. The van der Waals surface area contributed by atoms with Crippen LogP contribution in [0.15, 0.2) is 51.7 Å². The van der Waals surface area contributed by atoms with E-state index in [1.807, 2.05) is 25.1 Å². The summed E-state index contributed by atoms with van der Waals surface area (Å²) < 4.78 is 22.6. The van der Waals surface area contributed by atoms with Gasteiger partial charge in [0.2, 0.25) is 6.10 Å². The number of piperazine rings is 1. The first-order chi connectivity index (χ1) is 16.9. The molecule has 3 heterocycles. The number of aryl methyl sites for hydroxylation is 2. The molecule has 5 rings (SSSR count). The number of amides is 2. The van der Waals surface area contributed by atoms with Gasteiger partial charge in [-0.2, -0.15) is 0 Å². The molecule has 0 N–H and O–H groups in total. The van der Waals surface area contributed by atoms with Gasteiger partial charge in [0, 0.05) is 43.2 Å². The van der Waals surface area contributed by atoms with Crippen molar-refractivity contribution in [3.05, 3.63) is 64.0 Å². The van der Waals surface area contributed by atoms with Gasteiger partial charge in [-0.3, -0.25) is 9.59 Å². The summed E-state index contributed by atoms with van der Waals surface area (Å²) >= 11 is 0. The van der Waals surface area contributed by atoms with Crippen LogP contribution in [0.1, 0.15) is 11.1 Å². The molecule has 0 saturated carbocycles. The average Bonchev–Trinajstić information content (AvgIpc) is 2.88. The number of hydrogen-bond acceptors (Lipinski definition) is 7. The highest BCUT2D eigenvalue weighted by Gasteiger charge is 2.33. The molecule has 35 heavy (non-hydrogen) atoms. The molecule has 9 heteroatoms. The number of hydrogen-bond donors (Lipinski definition) is 0. The largest absolute Gasteiger partial charge is 0.485 e. The maximum absolute atomic E-state index is 12.9. The number of rotatable bonds is 4. The van der Waals surface area contributed by atoms with Gasteiger partial charge in [-0.25, -0.2) is 4.79 Å². The summed E-state index contributed by atoms with van der Waals surface area (Å²) in [7, 11) is 0. The van der Waals surface area contributed by atoms with Gasteiger partial charge in [-0.1, -0.05) is 12.1 Å². The van der Waals surface area contributed by atoms with E-state index < -0.39 is 11.7 Å². The Morgan fingerprint density at radius 1 is 1.00 bits per heavy atom. The molecule has 1 aromatic heterocycles. The van der Waals surface area contributed by atoms with Crippen molar-refractivity contribution in [2.24, 2.45) is 0 Å². The number of ether oxygens (including phenoxy) is 3. The maximum atomic E-state index is 12.9. The molecule has 2 aromatic carbocycles. The third kappa shape index (κ3) is 4.53. The Morgan fingerprint density at radius 3 is 2.49 bits per heavy atom. The molecular formula is C26H26N2O7. The summed E-state index contributed by atoms with van der Waals surface area (Å²) in [5, 5.41) is 0.831. The molecular weight excluding hydrogens is 452 g/mol. The molecule has 1 atom stereocenters. The van der Waals surface area contributed by atoms with Crippen LogP contribution >= 0.6 is 0 Å². The lowest BCUT2D eigenvalue weighted by molar-refractivity contribution is -0.146. The van der Waals surface area contributed by atoms with Gasteiger partial charge in [-0.05, 0) is 43.7 Å². The van der Waals surface area contributed by atoms with Crippen LogP contribution in [-0.2, 0) is 9.59 Å². The Morgan fingerprint density at radius 2 is 1.71 bits per heavy atom. The Balaban J connectivity index is 1.15. The zero-order valence-electron chi connectivity index (χ0n) is 19.6. The molecule has 2 aliphatic heterocycles. The highest BCUT2D eigenvalue weighted by molar-refractivity contribution is 5.85. The van der Waals surface area contributed by atoms with Crippen molar-refractivity contribution in [2.75, 3.05) is 39.4 Å². The molecule has 0 bridgehead atoms. The van der Waals surface area contributed by atoms with E-state index in [-0.39, 0.29) is 25.0 Å². The predicted molar refractivity (Wildman–Crippen MR) is 127 cm³/mol. The van der Waals surface area contributed by atoms with E-state index in [4.69, 9.17) is 18.6 Å². The van der Waals surface area contributed by atoms with Crippen LogP contribution in [0.4, 0.5) is 0 Å². The summed E-state index contributed by atoms with van der Waals surface area (Å²) in [4.78, 5) is 40.8. The number of carbonyl (C=O) groups excluding carboxylic acids is 2. The standard InChI is InChI=1S/C26H26N2O7/c1-16-13-24(30)35-25-17(2)19(8-7-18(16)25)33-15-23(29)27-9-11-28(12-10-27)26(31)22-14-32-20-5-3-4-6-21(20)34-22/h3-8,13,22H,9-12,14-15H2,1-2H3/t22-/m0/s1. The Labute approximate surface area is 201 Å². The lowest BCUT2D eigenvalue weighted by Gasteiger charge is -2.37. The van der Waals surface area contributed by atoms with Gasteiger partial charge in [0.15, 0.2) is 18.1 Å². The van der Waals surface area contributed by atoms with E-state index in [0.29, 0.717) is 54.6 Å². The van der Waals surface area contributed by atoms with E-state index >= 15 is 0 Å². The maximum Gasteiger partial charge on any atom is 0.336 e. The molecule has 9 nitrogen and oxygen atoms in total. The van der Waals surface area contributed by atoms with Gasteiger partial charge in [-0.15, -0.1) is 0 Å². The van der Waals surface area contributed by atoms with Crippen LogP contribution in [0, 0.1) is 13.8 Å². The molecule has 182 valence electrons. The number of benzene rings is 2. The third-order valence-corrected chi connectivity index (χ3v) is 6.40. The monoisotopic (exact) mass is 478 g/mol. The van der Waals surface area contributed by atoms with E-state index in [1.165, 1.54) is 6.07 Å². The molecule has 2 amide bonds. The minimum Gasteiger partial charge on any atom is -0.485 e. The van der Waals surface area contributed by atoms with Gasteiger partial charge >= 0.3 is 5.63 Å². The Kier molecular flexibility index (Phi) is 6.07. The van der Waals surface area contributed by atoms with Gasteiger partial charge in [0.05, 0.1) is 0 Å². The first-order valence-electron chi connectivity index (χ1n) is 11.5. The van der Waals surface area contributed by atoms with Crippen molar-refractivity contribution in [3.63, 3.8) is 0 Å². The Hall–Kier alpha value is -4.01. The molecule has 1 saturated heterocycles. The topological polar surface area (TPSA) is 98.5 Å². The fourth-order valence-electron chi connectivity index (χ4n) is 4.41. The third-order valence-electron chi connectivity index (χ3n) is 6.40. The zero-order valence-corrected chi connectivity index (χ0v) is 19.6. The van der Waals surface area contributed by atoms with Crippen LogP contribution in [0.25, 0.3) is 11.0 Å². The molecule has 3 aromatic rings. The highest BCUT2D eigenvalue weighted by atomic mass is 16.6. The number of nitrogens with zero attached hydrogens (tertiary/aromatic N) is 2. The summed E-state index contributed by atoms with van der Waals surface area (Å²) in [5.74, 6) is 1.36. The average molecular weight is 479 g/mol. The van der Waals surface area contributed by atoms with Crippen LogP contribution in [0.2, 0.25) is 0 Å². The zero-order chi connectivity index (χ0) is 24.5. The molecule has 0 unspecified atom stereocenters. The number of carbonyl (C=O) groups is 2. The molecule has 0 spiro atoms. The van der Waals surface area contributed by atoms with E-state index in [0.717, 1.165) is 10.9 Å². The van der Waals surface area contributed by atoms with Crippen molar-refractivity contribution in [3.8, 4) is 17.2 Å². The van der Waals surface area contributed by atoms with Crippen LogP contribution < -0.4 is 19.8 Å². The summed E-state index contributed by atoms with van der Waals surface area (Å²) in [6.45, 7) is 5.28. The lowest BCUT2D eigenvalue weighted by Crippen LogP contribution is -2.55. The minimum absolute atomic E-state index is 0.146. The van der Waals surface area contributed by atoms with E-state index in [2.05, 4.69) is 0 Å². The molecule has 2 aliphatic rings. The normalized spacial score (nSPS) is 17.4. The van der Waals surface area contributed by atoms with Crippen molar-refractivity contribution < 1.29 is 28.2 Å². The quantitative estimate of drug-likeness (QED) is 0.531. The summed E-state index contributed by atoms with van der Waals surface area (Å²) in [6, 6.07) is 12.3. The van der Waals surface area contributed by atoms with Crippen molar-refractivity contribution in [1.29, 1.82) is 0 Å². The van der Waals surface area contributed by atoms with Gasteiger partial charge < -0.3 is 28.4 Å². The first kappa shape index (κ1) is 22.8. The second-order valence-corrected chi connectivity index (χ2v) is 8.67. The smallest absolute Gasteiger partial charge is 0.336 e. The molecule has 1 fully saturated rings. The van der Waals surface area contributed by atoms with Crippen molar-refractivity contribution in [1.82, 2.24) is 9.80 Å². The summed E-state index contributed by atoms with van der Waals surface area (Å²) in [5.41, 5.74) is 1.53. The molecule has 0 aliphatic carbocycles. The van der Waals surface area contributed by atoms with Gasteiger partial charge in [0.25, 0.3) is 11.8 Å². The highest BCUT2D eigenvalue weighted by Crippen LogP contribution is 2.31. The second kappa shape index (κ2) is 9.32. The second-order valence-electron chi connectivity index (χ2n) is 8.67. The van der Waals surface area contributed by atoms with E-state index in [9.17, 15) is 14.4 Å².